The Morgan fingerprint density at radius 2 is 2.06 bits per heavy atom. The zero-order chi connectivity index (χ0) is 12.9. The van der Waals surface area contributed by atoms with E-state index in [4.69, 9.17) is 5.26 Å². The molecule has 0 saturated heterocycles. The van der Waals surface area contributed by atoms with Crippen molar-refractivity contribution in [2.75, 3.05) is 18.9 Å². The van der Waals surface area contributed by atoms with E-state index in [-0.39, 0.29) is 5.91 Å². The first-order valence-electron chi connectivity index (χ1n) is 5.46. The van der Waals surface area contributed by atoms with Crippen molar-refractivity contribution in [2.24, 2.45) is 5.41 Å². The maximum Gasteiger partial charge on any atom is 0.227 e. The smallest absolute Gasteiger partial charge is 0.227 e. The molecule has 4 nitrogen and oxygen atoms in total. The van der Waals surface area contributed by atoms with Crippen molar-refractivity contribution in [3.63, 3.8) is 0 Å². The predicted octanol–water partition coefficient (Wildman–Crippen LogP) is 1.74. The van der Waals surface area contributed by atoms with E-state index in [1.807, 2.05) is 32.0 Å². The van der Waals surface area contributed by atoms with Crippen molar-refractivity contribution in [3.05, 3.63) is 29.8 Å². The van der Waals surface area contributed by atoms with E-state index in [9.17, 15) is 4.79 Å². The van der Waals surface area contributed by atoms with E-state index in [0.29, 0.717) is 12.1 Å². The molecule has 17 heavy (non-hydrogen) atoms. The minimum atomic E-state index is -0.517. The Hall–Kier alpha value is -2.02. The van der Waals surface area contributed by atoms with E-state index in [2.05, 4.69) is 16.7 Å². The standard InChI is InChI=1S/C13H17N3O/c1-13(2,12(17)15-3)9-16-11-7-5-4-6-10(11)8-14/h4-7,16H,9H2,1-3H3,(H,15,17). The number of carbonyl (C=O) groups is 1. The highest BCUT2D eigenvalue weighted by Crippen LogP contribution is 2.19. The Labute approximate surface area is 102 Å². The number of para-hydroxylation sites is 1. The summed E-state index contributed by atoms with van der Waals surface area (Å²) in [5.41, 5.74) is 0.823. The number of nitrogens with zero attached hydrogens (tertiary/aromatic N) is 1. The topological polar surface area (TPSA) is 64.9 Å². The van der Waals surface area contributed by atoms with Gasteiger partial charge in [-0.05, 0) is 26.0 Å². The van der Waals surface area contributed by atoms with E-state index < -0.39 is 5.41 Å². The van der Waals surface area contributed by atoms with E-state index in [1.165, 1.54) is 0 Å². The lowest BCUT2D eigenvalue weighted by atomic mass is 9.92. The van der Waals surface area contributed by atoms with Crippen LogP contribution in [-0.2, 0) is 4.79 Å². The number of hydrogen-bond donors (Lipinski definition) is 2. The number of nitriles is 1. The Balaban J connectivity index is 2.74. The van der Waals surface area contributed by atoms with Crippen LogP contribution in [-0.4, -0.2) is 19.5 Å². The summed E-state index contributed by atoms with van der Waals surface area (Å²) >= 11 is 0. The fourth-order valence-corrected chi connectivity index (χ4v) is 1.47. The van der Waals surface area contributed by atoms with Crippen LogP contribution < -0.4 is 10.6 Å². The third-order valence-corrected chi connectivity index (χ3v) is 2.61. The first-order valence-corrected chi connectivity index (χ1v) is 5.46. The van der Waals surface area contributed by atoms with Gasteiger partial charge in [-0.25, -0.2) is 0 Å². The van der Waals surface area contributed by atoms with Gasteiger partial charge in [-0.2, -0.15) is 5.26 Å². The highest BCUT2D eigenvalue weighted by molar-refractivity contribution is 5.82. The fraction of sp³-hybridized carbons (Fsp3) is 0.385. The lowest BCUT2D eigenvalue weighted by molar-refractivity contribution is -0.128. The summed E-state index contributed by atoms with van der Waals surface area (Å²) in [5.74, 6) is -0.0283. The monoisotopic (exact) mass is 231 g/mol. The van der Waals surface area contributed by atoms with Crippen LogP contribution in [0.5, 0.6) is 0 Å². The maximum atomic E-state index is 11.6. The second kappa shape index (κ2) is 5.35. The molecule has 0 radical (unpaired) electrons. The van der Waals surface area contributed by atoms with Crippen LogP contribution in [0.4, 0.5) is 5.69 Å². The second-order valence-electron chi connectivity index (χ2n) is 4.47. The number of amides is 1. The largest absolute Gasteiger partial charge is 0.383 e. The lowest BCUT2D eigenvalue weighted by Crippen LogP contribution is -2.39. The molecular weight excluding hydrogens is 214 g/mol. The normalized spacial score (nSPS) is 10.5. The molecule has 2 N–H and O–H groups in total. The van der Waals surface area contributed by atoms with Crippen LogP contribution in [0.1, 0.15) is 19.4 Å². The molecule has 0 aliphatic carbocycles. The molecule has 0 fully saturated rings. The molecule has 1 amide bonds. The number of rotatable bonds is 4. The summed E-state index contributed by atoms with van der Waals surface area (Å²) in [7, 11) is 1.62. The molecule has 0 unspecified atom stereocenters. The number of nitrogens with one attached hydrogen (secondary N) is 2. The van der Waals surface area contributed by atoms with Crippen molar-refractivity contribution in [2.45, 2.75) is 13.8 Å². The van der Waals surface area contributed by atoms with Crippen LogP contribution in [0.15, 0.2) is 24.3 Å². The molecule has 0 aliphatic rings. The molecule has 1 aromatic carbocycles. The molecular formula is C13H17N3O. The van der Waals surface area contributed by atoms with Crippen LogP contribution in [0.2, 0.25) is 0 Å². The summed E-state index contributed by atoms with van der Waals surface area (Å²) in [6.45, 7) is 4.19. The third kappa shape index (κ3) is 3.22. The average Bonchev–Trinajstić information content (AvgIpc) is 2.35. The van der Waals surface area contributed by atoms with Gasteiger partial charge in [0.1, 0.15) is 6.07 Å². The zero-order valence-corrected chi connectivity index (χ0v) is 10.4. The maximum absolute atomic E-state index is 11.6. The fourth-order valence-electron chi connectivity index (χ4n) is 1.47. The van der Waals surface area contributed by atoms with Crippen LogP contribution >= 0.6 is 0 Å². The van der Waals surface area contributed by atoms with Crippen LogP contribution in [0, 0.1) is 16.7 Å². The summed E-state index contributed by atoms with van der Waals surface area (Å²) in [5, 5.41) is 14.7. The van der Waals surface area contributed by atoms with Crippen LogP contribution in [0.3, 0.4) is 0 Å². The molecule has 0 bridgehead atoms. The second-order valence-corrected chi connectivity index (χ2v) is 4.47. The van der Waals surface area contributed by atoms with E-state index >= 15 is 0 Å². The summed E-state index contributed by atoms with van der Waals surface area (Å²) < 4.78 is 0. The van der Waals surface area contributed by atoms with Gasteiger partial charge in [-0.1, -0.05) is 12.1 Å². The van der Waals surface area contributed by atoms with Gasteiger partial charge < -0.3 is 10.6 Å². The molecule has 0 aliphatic heterocycles. The highest BCUT2D eigenvalue weighted by Gasteiger charge is 2.26. The van der Waals surface area contributed by atoms with Gasteiger partial charge in [0, 0.05) is 13.6 Å². The number of anilines is 1. The molecule has 1 aromatic rings. The first kappa shape index (κ1) is 13.0. The number of hydrogen-bond acceptors (Lipinski definition) is 3. The van der Waals surface area contributed by atoms with Gasteiger partial charge in [0.05, 0.1) is 16.7 Å². The molecule has 4 heteroatoms. The van der Waals surface area contributed by atoms with Gasteiger partial charge in [0.15, 0.2) is 0 Å². The summed E-state index contributed by atoms with van der Waals surface area (Å²) in [6.07, 6.45) is 0. The van der Waals surface area contributed by atoms with Gasteiger partial charge in [-0.15, -0.1) is 0 Å². The Kier molecular flexibility index (Phi) is 4.11. The highest BCUT2D eigenvalue weighted by atomic mass is 16.2. The molecule has 0 heterocycles. The minimum Gasteiger partial charge on any atom is -0.383 e. The summed E-state index contributed by atoms with van der Waals surface area (Å²) in [6, 6.07) is 9.36. The number of carbonyl (C=O) groups excluding carboxylic acids is 1. The Morgan fingerprint density at radius 3 is 2.65 bits per heavy atom. The van der Waals surface area contributed by atoms with Gasteiger partial charge in [0.2, 0.25) is 5.91 Å². The van der Waals surface area contributed by atoms with Gasteiger partial charge in [-0.3, -0.25) is 4.79 Å². The Bertz CT molecular complexity index is 446. The third-order valence-electron chi connectivity index (χ3n) is 2.61. The SMILES string of the molecule is CNC(=O)C(C)(C)CNc1ccccc1C#N. The molecule has 90 valence electrons. The molecule has 1 rings (SSSR count). The van der Waals surface area contributed by atoms with Gasteiger partial charge >= 0.3 is 0 Å². The predicted molar refractivity (Wildman–Crippen MR) is 67.5 cm³/mol. The summed E-state index contributed by atoms with van der Waals surface area (Å²) in [4.78, 5) is 11.6. The molecule has 0 aromatic heterocycles. The van der Waals surface area contributed by atoms with Crippen molar-refractivity contribution >= 4 is 11.6 Å². The first-order chi connectivity index (χ1) is 8.01. The molecule has 0 spiro atoms. The zero-order valence-electron chi connectivity index (χ0n) is 10.4. The Morgan fingerprint density at radius 1 is 1.41 bits per heavy atom. The van der Waals surface area contributed by atoms with Crippen molar-refractivity contribution in [1.29, 1.82) is 5.26 Å². The van der Waals surface area contributed by atoms with Crippen molar-refractivity contribution in [3.8, 4) is 6.07 Å². The van der Waals surface area contributed by atoms with Crippen LogP contribution in [0.25, 0.3) is 0 Å². The van der Waals surface area contributed by atoms with Crippen molar-refractivity contribution in [1.82, 2.24) is 5.32 Å². The minimum absolute atomic E-state index is 0.0283. The van der Waals surface area contributed by atoms with Gasteiger partial charge in [0.25, 0.3) is 0 Å². The molecule has 0 saturated carbocycles. The lowest BCUT2D eigenvalue weighted by Gasteiger charge is -2.23. The van der Waals surface area contributed by atoms with E-state index in [0.717, 1.165) is 5.69 Å². The molecule has 0 atom stereocenters. The number of benzene rings is 1. The van der Waals surface area contributed by atoms with Crippen molar-refractivity contribution < 1.29 is 4.79 Å². The van der Waals surface area contributed by atoms with E-state index in [1.54, 1.807) is 13.1 Å². The average molecular weight is 231 g/mol. The quantitative estimate of drug-likeness (QED) is 0.829.